The van der Waals surface area contributed by atoms with Crippen molar-refractivity contribution >= 4 is 29.2 Å². The Hall–Kier alpha value is -4.10. The van der Waals surface area contributed by atoms with Gasteiger partial charge in [-0.25, -0.2) is 9.97 Å². The predicted octanol–water partition coefficient (Wildman–Crippen LogP) is 5.56. The van der Waals surface area contributed by atoms with Gasteiger partial charge in [0.05, 0.1) is 22.7 Å². The van der Waals surface area contributed by atoms with Crippen molar-refractivity contribution in [2.24, 2.45) is 5.92 Å². The molecule has 0 atom stereocenters. The molecule has 2 N–H and O–H groups in total. The summed E-state index contributed by atoms with van der Waals surface area (Å²) < 4.78 is 80.3. The van der Waals surface area contributed by atoms with Gasteiger partial charge in [0.2, 0.25) is 5.95 Å². The minimum atomic E-state index is -4.59. The zero-order chi connectivity index (χ0) is 29.4. The first-order valence-electron chi connectivity index (χ1n) is 13.0. The van der Waals surface area contributed by atoms with E-state index in [1.165, 1.54) is 24.4 Å². The highest BCUT2D eigenvalue weighted by molar-refractivity contribution is 5.70. The van der Waals surface area contributed by atoms with Crippen molar-refractivity contribution in [3.05, 3.63) is 65.0 Å². The van der Waals surface area contributed by atoms with E-state index in [0.29, 0.717) is 54.6 Å². The molecular weight excluding hydrogens is 554 g/mol. The number of carboxylic acids is 1. The minimum absolute atomic E-state index is 0.182. The van der Waals surface area contributed by atoms with Crippen molar-refractivity contribution in [1.82, 2.24) is 15.0 Å². The number of rotatable bonds is 5. The van der Waals surface area contributed by atoms with Crippen molar-refractivity contribution in [3.63, 3.8) is 0 Å². The summed E-state index contributed by atoms with van der Waals surface area (Å²) in [4.78, 5) is 28.2. The molecular formula is C27H26F6N6O2. The van der Waals surface area contributed by atoms with E-state index in [1.807, 2.05) is 4.90 Å². The summed E-state index contributed by atoms with van der Waals surface area (Å²) >= 11 is 0. The van der Waals surface area contributed by atoms with Gasteiger partial charge >= 0.3 is 18.3 Å². The average molecular weight is 581 g/mol. The fourth-order valence-corrected chi connectivity index (χ4v) is 5.12. The SMILES string of the molecule is O=C(O)C1CCN(c2nc3c(c(Nc4ccc(C(F)(F)F)cc4)n2)CCN(c2ncccc2C(F)(F)F)CC3)CC1. The number of benzene rings is 1. The first-order valence-corrected chi connectivity index (χ1v) is 13.0. The van der Waals surface area contributed by atoms with Crippen LogP contribution in [0.2, 0.25) is 0 Å². The van der Waals surface area contributed by atoms with Gasteiger partial charge < -0.3 is 20.2 Å². The maximum absolute atomic E-state index is 13.7. The summed E-state index contributed by atoms with van der Waals surface area (Å²) in [6.45, 7) is 1.17. The first kappa shape index (κ1) is 28.4. The summed E-state index contributed by atoms with van der Waals surface area (Å²) in [5.41, 5.74) is -0.0717. The van der Waals surface area contributed by atoms with Crippen LogP contribution >= 0.6 is 0 Å². The van der Waals surface area contributed by atoms with Crippen molar-refractivity contribution in [1.29, 1.82) is 0 Å². The van der Waals surface area contributed by atoms with Crippen LogP contribution in [0.3, 0.4) is 0 Å². The molecule has 41 heavy (non-hydrogen) atoms. The van der Waals surface area contributed by atoms with Crippen LogP contribution < -0.4 is 15.1 Å². The van der Waals surface area contributed by atoms with Gasteiger partial charge in [-0.15, -0.1) is 0 Å². The molecule has 0 amide bonds. The Labute approximate surface area is 231 Å². The number of fused-ring (bicyclic) bond motifs is 1. The minimum Gasteiger partial charge on any atom is -0.481 e. The van der Waals surface area contributed by atoms with Crippen LogP contribution in [0.5, 0.6) is 0 Å². The first-order chi connectivity index (χ1) is 19.4. The number of aliphatic carboxylic acids is 1. The van der Waals surface area contributed by atoms with Gasteiger partial charge in [-0.1, -0.05) is 0 Å². The van der Waals surface area contributed by atoms with Crippen molar-refractivity contribution in [2.45, 2.75) is 38.0 Å². The number of anilines is 4. The molecule has 0 bridgehead atoms. The molecule has 1 saturated heterocycles. The lowest BCUT2D eigenvalue weighted by molar-refractivity contribution is -0.142. The van der Waals surface area contributed by atoms with Crippen LogP contribution in [-0.4, -0.2) is 52.2 Å². The number of nitrogens with one attached hydrogen (secondary N) is 1. The Morgan fingerprint density at radius 2 is 1.56 bits per heavy atom. The Kier molecular flexibility index (Phi) is 7.66. The van der Waals surface area contributed by atoms with E-state index in [4.69, 9.17) is 4.98 Å². The molecule has 2 aliphatic heterocycles. The van der Waals surface area contributed by atoms with Crippen LogP contribution in [0.1, 0.15) is 35.2 Å². The van der Waals surface area contributed by atoms with Gasteiger partial charge in [-0.05, 0) is 55.7 Å². The molecule has 2 aromatic heterocycles. The van der Waals surface area contributed by atoms with E-state index in [0.717, 1.165) is 18.2 Å². The topological polar surface area (TPSA) is 94.5 Å². The molecule has 1 fully saturated rings. The Morgan fingerprint density at radius 1 is 0.878 bits per heavy atom. The summed E-state index contributed by atoms with van der Waals surface area (Å²) in [6.07, 6.45) is -6.47. The number of pyridine rings is 1. The summed E-state index contributed by atoms with van der Waals surface area (Å²) in [6, 6.07) is 6.67. The van der Waals surface area contributed by atoms with E-state index in [2.05, 4.69) is 15.3 Å². The third-order valence-corrected chi connectivity index (χ3v) is 7.32. The molecule has 4 heterocycles. The van der Waals surface area contributed by atoms with Crippen LogP contribution in [0.4, 0.5) is 49.6 Å². The van der Waals surface area contributed by atoms with Gasteiger partial charge in [-0.3, -0.25) is 4.79 Å². The maximum atomic E-state index is 13.7. The molecule has 3 aromatic rings. The number of hydrogen-bond donors (Lipinski definition) is 2. The Morgan fingerprint density at radius 3 is 2.20 bits per heavy atom. The number of alkyl halides is 6. The van der Waals surface area contributed by atoms with Crippen LogP contribution in [0.15, 0.2) is 42.6 Å². The number of aromatic nitrogens is 3. The number of piperidine rings is 1. The standard InChI is InChI=1S/C27H26F6N6O2/c28-26(29,30)17-3-5-18(6-4-17)35-22-19-9-14-38(23-20(27(31,32)33)2-1-11-34-23)15-10-21(19)36-25(37-22)39-12-7-16(8-13-39)24(40)41/h1-6,11,16H,7-10,12-15H2,(H,40,41)(H,35,36,37). The zero-order valence-electron chi connectivity index (χ0n) is 21.6. The van der Waals surface area contributed by atoms with Crippen molar-refractivity contribution in [2.75, 3.05) is 41.3 Å². The molecule has 14 heteroatoms. The molecule has 0 aliphatic carbocycles. The molecule has 5 rings (SSSR count). The van der Waals surface area contributed by atoms with E-state index in [9.17, 15) is 36.2 Å². The number of nitrogens with zero attached hydrogens (tertiary/aromatic N) is 5. The summed E-state index contributed by atoms with van der Waals surface area (Å²) in [5, 5.41) is 12.4. The van der Waals surface area contributed by atoms with Gasteiger partial charge in [-0.2, -0.15) is 31.3 Å². The fraction of sp³-hybridized carbons (Fsp3) is 0.407. The maximum Gasteiger partial charge on any atom is 0.419 e. The fourth-order valence-electron chi connectivity index (χ4n) is 5.12. The Bertz CT molecular complexity index is 1400. The highest BCUT2D eigenvalue weighted by Gasteiger charge is 2.36. The number of carbonyl (C=O) groups is 1. The molecule has 0 saturated carbocycles. The average Bonchev–Trinajstić information content (AvgIpc) is 3.15. The molecule has 0 radical (unpaired) electrons. The second-order valence-corrected chi connectivity index (χ2v) is 9.96. The zero-order valence-corrected chi connectivity index (χ0v) is 21.6. The lowest BCUT2D eigenvalue weighted by atomic mass is 9.97. The quantitative estimate of drug-likeness (QED) is 0.379. The lowest BCUT2D eigenvalue weighted by Gasteiger charge is -2.31. The van der Waals surface area contributed by atoms with Crippen LogP contribution in [0, 0.1) is 5.92 Å². The molecule has 8 nitrogen and oxygen atoms in total. The van der Waals surface area contributed by atoms with Crippen molar-refractivity contribution in [3.8, 4) is 0 Å². The van der Waals surface area contributed by atoms with Gasteiger partial charge in [0.25, 0.3) is 0 Å². The van der Waals surface area contributed by atoms with E-state index in [1.54, 1.807) is 4.90 Å². The van der Waals surface area contributed by atoms with E-state index >= 15 is 0 Å². The van der Waals surface area contributed by atoms with Crippen molar-refractivity contribution < 1.29 is 36.2 Å². The second kappa shape index (κ2) is 11.1. The third-order valence-electron chi connectivity index (χ3n) is 7.32. The molecule has 2 aliphatic rings. The van der Waals surface area contributed by atoms with Gasteiger partial charge in [0.15, 0.2) is 0 Å². The molecule has 0 unspecified atom stereocenters. The van der Waals surface area contributed by atoms with E-state index < -0.39 is 35.4 Å². The predicted molar refractivity (Wildman–Crippen MR) is 138 cm³/mol. The monoisotopic (exact) mass is 580 g/mol. The normalized spacial score (nSPS) is 16.7. The van der Waals surface area contributed by atoms with Gasteiger partial charge in [0, 0.05) is 50.0 Å². The number of carboxylic acid groups (broad SMARTS) is 1. The summed E-state index contributed by atoms with van der Waals surface area (Å²) in [5.74, 6) is -0.876. The molecule has 0 spiro atoms. The van der Waals surface area contributed by atoms with Gasteiger partial charge in [0.1, 0.15) is 11.6 Å². The number of hydrogen-bond acceptors (Lipinski definition) is 7. The third kappa shape index (κ3) is 6.30. The molecule has 218 valence electrons. The largest absolute Gasteiger partial charge is 0.481 e. The molecule has 1 aromatic carbocycles. The van der Waals surface area contributed by atoms with Crippen LogP contribution in [-0.2, 0) is 30.0 Å². The Balaban J connectivity index is 1.47. The van der Waals surface area contributed by atoms with Crippen LogP contribution in [0.25, 0.3) is 0 Å². The number of halogens is 6. The highest BCUT2D eigenvalue weighted by atomic mass is 19.4. The summed E-state index contributed by atoms with van der Waals surface area (Å²) in [7, 11) is 0. The smallest absolute Gasteiger partial charge is 0.419 e. The highest BCUT2D eigenvalue weighted by Crippen LogP contribution is 2.37. The van der Waals surface area contributed by atoms with E-state index in [-0.39, 0.29) is 31.7 Å². The second-order valence-electron chi connectivity index (χ2n) is 9.96. The lowest BCUT2D eigenvalue weighted by Crippen LogP contribution is -2.37.